The summed E-state index contributed by atoms with van der Waals surface area (Å²) in [4.78, 5) is 10.5. The van der Waals surface area contributed by atoms with Crippen LogP contribution in [0.25, 0.3) is 0 Å². The van der Waals surface area contributed by atoms with Crippen LogP contribution >= 0.6 is 0 Å². The fourth-order valence-electron chi connectivity index (χ4n) is 1.13. The van der Waals surface area contributed by atoms with Crippen molar-refractivity contribution in [2.75, 3.05) is 6.61 Å². The zero-order valence-corrected chi connectivity index (χ0v) is 11.0. The summed E-state index contributed by atoms with van der Waals surface area (Å²) < 4.78 is 143. The van der Waals surface area contributed by atoms with E-state index in [1.54, 1.807) is 0 Å². The maximum atomic E-state index is 13.1. The fraction of sp³-hybridized carbons (Fsp3) is 0.900. The second kappa shape index (κ2) is 6.67. The molecule has 0 aromatic heterocycles. The van der Waals surface area contributed by atoms with Crippen LogP contribution in [0.15, 0.2) is 0 Å². The molecule has 0 heterocycles. The number of ether oxygens (including phenoxy) is 1. The molecule has 0 bridgehead atoms. The molecule has 0 aliphatic rings. The van der Waals surface area contributed by atoms with Crippen LogP contribution in [0.3, 0.4) is 0 Å². The number of halogens is 11. The zero-order chi connectivity index (χ0) is 18.9. The molecule has 138 valence electrons. The maximum absolute atomic E-state index is 13.1. The fourth-order valence-corrected chi connectivity index (χ4v) is 1.13. The number of carbonyl (C=O) groups excluding carboxylic acids is 1. The molecule has 0 radical (unpaired) electrons. The van der Waals surface area contributed by atoms with Crippen molar-refractivity contribution in [3.05, 3.63) is 0 Å². The van der Waals surface area contributed by atoms with Gasteiger partial charge < -0.3 is 4.74 Å². The predicted molar refractivity (Wildman–Crippen MR) is 51.9 cm³/mol. The molecule has 2 nitrogen and oxygen atoms in total. The lowest BCUT2D eigenvalue weighted by Crippen LogP contribution is -2.66. The van der Waals surface area contributed by atoms with Crippen molar-refractivity contribution in [3.63, 3.8) is 0 Å². The molecular formula is C10H9F11O2. The minimum absolute atomic E-state index is 0.633. The SMILES string of the molecule is CCC(=O)OCC(F)(F)C(F)(F)C(F)(F)C(F)(F)C(F)C(F)F. The van der Waals surface area contributed by atoms with E-state index in [0.717, 1.165) is 6.92 Å². The number of alkyl halides is 11. The summed E-state index contributed by atoms with van der Waals surface area (Å²) in [6.45, 7) is -1.72. The van der Waals surface area contributed by atoms with Gasteiger partial charge in [-0.05, 0) is 0 Å². The summed E-state index contributed by atoms with van der Waals surface area (Å²) in [5, 5.41) is 0. The molecule has 1 unspecified atom stereocenters. The number of carbonyl (C=O) groups is 1. The number of hydrogen-bond donors (Lipinski definition) is 0. The molecule has 0 aromatic rings. The Morgan fingerprint density at radius 3 is 1.70 bits per heavy atom. The number of esters is 1. The van der Waals surface area contributed by atoms with Gasteiger partial charge in [0.1, 0.15) is 0 Å². The Balaban J connectivity index is 5.63. The molecule has 0 rings (SSSR count). The summed E-state index contributed by atoms with van der Waals surface area (Å²) in [7, 11) is 0. The smallest absolute Gasteiger partial charge is 0.381 e. The molecule has 1 atom stereocenters. The van der Waals surface area contributed by atoms with Crippen molar-refractivity contribution in [1.82, 2.24) is 0 Å². The van der Waals surface area contributed by atoms with Gasteiger partial charge in [0.05, 0.1) is 0 Å². The number of hydrogen-bond acceptors (Lipinski definition) is 2. The Kier molecular flexibility index (Phi) is 6.29. The number of rotatable bonds is 8. The highest BCUT2D eigenvalue weighted by Gasteiger charge is 2.83. The molecule has 0 aromatic carbocycles. The van der Waals surface area contributed by atoms with Crippen molar-refractivity contribution < 1.29 is 57.8 Å². The molecule has 0 saturated heterocycles. The molecule has 0 amide bonds. The van der Waals surface area contributed by atoms with Gasteiger partial charge in [-0.2, -0.15) is 35.1 Å². The molecule has 0 aliphatic carbocycles. The van der Waals surface area contributed by atoms with E-state index in [-0.39, 0.29) is 0 Å². The van der Waals surface area contributed by atoms with E-state index in [4.69, 9.17) is 0 Å². The van der Waals surface area contributed by atoms with Crippen LogP contribution in [0.4, 0.5) is 48.3 Å². The Morgan fingerprint density at radius 2 is 1.35 bits per heavy atom. The van der Waals surface area contributed by atoms with Crippen LogP contribution in [0, 0.1) is 0 Å². The van der Waals surface area contributed by atoms with Gasteiger partial charge >= 0.3 is 29.7 Å². The van der Waals surface area contributed by atoms with E-state index in [1.165, 1.54) is 0 Å². The van der Waals surface area contributed by atoms with Crippen molar-refractivity contribution in [2.24, 2.45) is 0 Å². The lowest BCUT2D eigenvalue weighted by molar-refractivity contribution is -0.383. The standard InChI is InChI=1S/C10H9F11O2/c1-2-4(22)23-3-7(14,15)9(18,19)10(20,21)8(16,17)5(11)6(12)13/h5-6H,2-3H2,1H3. The molecule has 23 heavy (non-hydrogen) atoms. The van der Waals surface area contributed by atoms with Crippen LogP contribution in [0.2, 0.25) is 0 Å². The van der Waals surface area contributed by atoms with Crippen molar-refractivity contribution in [1.29, 1.82) is 0 Å². The zero-order valence-electron chi connectivity index (χ0n) is 11.0. The van der Waals surface area contributed by atoms with Gasteiger partial charge in [0, 0.05) is 6.42 Å². The Bertz CT molecular complexity index is 421. The second-order valence-electron chi connectivity index (χ2n) is 4.23. The first-order valence-electron chi connectivity index (χ1n) is 5.65. The van der Waals surface area contributed by atoms with Crippen LogP contribution in [-0.4, -0.2) is 48.9 Å². The molecule has 13 heteroatoms. The quantitative estimate of drug-likeness (QED) is 0.475. The van der Waals surface area contributed by atoms with E-state index in [9.17, 15) is 53.1 Å². The minimum atomic E-state index is -7.20. The highest BCUT2D eigenvalue weighted by atomic mass is 19.4. The molecule has 0 spiro atoms. The third kappa shape index (κ3) is 3.79. The Labute approximate surface area is 121 Å². The first-order valence-corrected chi connectivity index (χ1v) is 5.65. The van der Waals surface area contributed by atoms with Gasteiger partial charge in [0.15, 0.2) is 6.61 Å². The predicted octanol–water partition coefficient (Wildman–Crippen LogP) is 4.08. The van der Waals surface area contributed by atoms with E-state index in [1.807, 2.05) is 0 Å². The summed E-state index contributed by atoms with van der Waals surface area (Å²) in [6.07, 6.45) is -10.6. The van der Waals surface area contributed by atoms with Gasteiger partial charge in [-0.15, -0.1) is 0 Å². The van der Waals surface area contributed by atoms with E-state index < -0.39 is 55.3 Å². The average molecular weight is 370 g/mol. The first-order chi connectivity index (χ1) is 10.1. The normalized spacial score (nSPS) is 15.7. The highest BCUT2D eigenvalue weighted by Crippen LogP contribution is 2.54. The summed E-state index contributed by atoms with van der Waals surface area (Å²) in [5.74, 6) is -28.6. The maximum Gasteiger partial charge on any atom is 0.381 e. The van der Waals surface area contributed by atoms with Gasteiger partial charge in [0.25, 0.3) is 6.43 Å². The largest absolute Gasteiger partial charge is 0.459 e. The van der Waals surface area contributed by atoms with E-state index in [2.05, 4.69) is 4.74 Å². The summed E-state index contributed by atoms with van der Waals surface area (Å²) in [5.41, 5.74) is 0. The minimum Gasteiger partial charge on any atom is -0.459 e. The molecular weight excluding hydrogens is 361 g/mol. The second-order valence-corrected chi connectivity index (χ2v) is 4.23. The van der Waals surface area contributed by atoms with E-state index in [0.29, 0.717) is 0 Å². The highest BCUT2D eigenvalue weighted by molar-refractivity contribution is 5.68. The third-order valence-corrected chi connectivity index (χ3v) is 2.54. The first kappa shape index (κ1) is 21.7. The van der Waals surface area contributed by atoms with Gasteiger partial charge in [-0.1, -0.05) is 6.92 Å². The summed E-state index contributed by atoms with van der Waals surface area (Å²) >= 11 is 0. The van der Waals surface area contributed by atoms with Crippen LogP contribution in [-0.2, 0) is 9.53 Å². The molecule has 0 saturated carbocycles. The summed E-state index contributed by atoms with van der Waals surface area (Å²) in [6, 6.07) is 0. The Hall–Kier alpha value is -1.30. The third-order valence-electron chi connectivity index (χ3n) is 2.54. The van der Waals surface area contributed by atoms with Crippen molar-refractivity contribution in [2.45, 2.75) is 49.6 Å². The van der Waals surface area contributed by atoms with Crippen molar-refractivity contribution >= 4 is 5.97 Å². The molecule has 0 aliphatic heterocycles. The van der Waals surface area contributed by atoms with Crippen LogP contribution < -0.4 is 0 Å². The Morgan fingerprint density at radius 1 is 0.913 bits per heavy atom. The van der Waals surface area contributed by atoms with E-state index >= 15 is 0 Å². The average Bonchev–Trinajstić information content (AvgIpc) is 2.42. The lowest BCUT2D eigenvalue weighted by Gasteiger charge is -2.37. The van der Waals surface area contributed by atoms with Gasteiger partial charge in [-0.3, -0.25) is 4.79 Å². The lowest BCUT2D eigenvalue weighted by atomic mass is 9.96. The van der Waals surface area contributed by atoms with Crippen molar-refractivity contribution in [3.8, 4) is 0 Å². The molecule has 0 N–H and O–H groups in total. The molecule has 0 fully saturated rings. The topological polar surface area (TPSA) is 26.3 Å². The van der Waals surface area contributed by atoms with Gasteiger partial charge in [0.2, 0.25) is 6.17 Å². The van der Waals surface area contributed by atoms with Crippen LogP contribution in [0.5, 0.6) is 0 Å². The van der Waals surface area contributed by atoms with Crippen LogP contribution in [0.1, 0.15) is 13.3 Å². The van der Waals surface area contributed by atoms with Gasteiger partial charge in [-0.25, -0.2) is 13.2 Å². The monoisotopic (exact) mass is 370 g/mol.